The standard InChI is InChI=1S/C22H29F3N2O3/c1-4-15(3)26-19(28)18-13-30-21(10-6-7-14(2)12-21)27(18)20(29)16-8-5-9-17(11-16)22(23,24)25/h5,8-9,11,14-15,18H,4,6-7,10,12-13H2,1-3H3,(H,26,28)/t14-,15+,18+,21-/m0/s1. The molecule has 0 bridgehead atoms. The smallest absolute Gasteiger partial charge is 0.353 e. The summed E-state index contributed by atoms with van der Waals surface area (Å²) in [5.41, 5.74) is -1.94. The lowest BCUT2D eigenvalue weighted by atomic mass is 9.83. The number of ether oxygens (including phenoxy) is 1. The Bertz CT molecular complexity index is 798. The molecular formula is C22H29F3N2O3. The Labute approximate surface area is 175 Å². The van der Waals surface area contributed by atoms with Crippen LogP contribution >= 0.6 is 0 Å². The van der Waals surface area contributed by atoms with Crippen molar-refractivity contribution in [1.82, 2.24) is 10.2 Å². The van der Waals surface area contributed by atoms with Crippen molar-refractivity contribution >= 4 is 11.8 Å². The number of nitrogens with one attached hydrogen (secondary N) is 1. The quantitative estimate of drug-likeness (QED) is 0.778. The molecule has 5 nitrogen and oxygen atoms in total. The maximum absolute atomic E-state index is 13.5. The lowest BCUT2D eigenvalue weighted by Crippen LogP contribution is -2.57. The zero-order valence-electron chi connectivity index (χ0n) is 17.6. The van der Waals surface area contributed by atoms with Gasteiger partial charge in [0, 0.05) is 11.6 Å². The maximum atomic E-state index is 13.5. The summed E-state index contributed by atoms with van der Waals surface area (Å²) in [5.74, 6) is -0.649. The van der Waals surface area contributed by atoms with Crippen LogP contribution in [0.15, 0.2) is 24.3 Å². The molecule has 1 N–H and O–H groups in total. The van der Waals surface area contributed by atoms with Crippen molar-refractivity contribution in [2.75, 3.05) is 6.61 Å². The average Bonchev–Trinajstić information content (AvgIpc) is 3.04. The Balaban J connectivity index is 1.97. The summed E-state index contributed by atoms with van der Waals surface area (Å²) in [7, 11) is 0. The van der Waals surface area contributed by atoms with Crippen LogP contribution in [-0.2, 0) is 15.7 Å². The Morgan fingerprint density at radius 2 is 2.10 bits per heavy atom. The van der Waals surface area contributed by atoms with Gasteiger partial charge in [0.1, 0.15) is 11.8 Å². The lowest BCUT2D eigenvalue weighted by molar-refractivity contribution is -0.137. The fourth-order valence-corrected chi connectivity index (χ4v) is 4.42. The third kappa shape index (κ3) is 4.48. The molecule has 1 aromatic carbocycles. The molecule has 4 atom stereocenters. The van der Waals surface area contributed by atoms with Crippen molar-refractivity contribution in [2.45, 2.75) is 76.9 Å². The van der Waals surface area contributed by atoms with Gasteiger partial charge in [-0.1, -0.05) is 26.3 Å². The highest BCUT2D eigenvalue weighted by Crippen LogP contribution is 2.43. The predicted octanol–water partition coefficient (Wildman–Crippen LogP) is 4.37. The first-order valence-corrected chi connectivity index (χ1v) is 10.5. The van der Waals surface area contributed by atoms with Crippen LogP contribution in [0.3, 0.4) is 0 Å². The number of amides is 2. The molecule has 0 unspecified atom stereocenters. The Hall–Kier alpha value is -2.09. The number of carbonyl (C=O) groups is 2. The van der Waals surface area contributed by atoms with Crippen LogP contribution in [0, 0.1) is 5.92 Å². The van der Waals surface area contributed by atoms with Crippen LogP contribution < -0.4 is 5.32 Å². The van der Waals surface area contributed by atoms with Crippen LogP contribution in [0.4, 0.5) is 13.2 Å². The summed E-state index contributed by atoms with van der Waals surface area (Å²) in [6, 6.07) is 3.42. The fourth-order valence-electron chi connectivity index (χ4n) is 4.42. The summed E-state index contributed by atoms with van der Waals surface area (Å²) in [6.45, 7) is 5.90. The topological polar surface area (TPSA) is 58.6 Å². The first-order chi connectivity index (χ1) is 14.1. The minimum atomic E-state index is -4.55. The molecule has 1 saturated carbocycles. The molecular weight excluding hydrogens is 397 g/mol. The number of hydrogen-bond donors (Lipinski definition) is 1. The molecule has 2 amide bonds. The lowest BCUT2D eigenvalue weighted by Gasteiger charge is -2.43. The van der Waals surface area contributed by atoms with Crippen LogP contribution in [0.1, 0.15) is 68.8 Å². The SMILES string of the molecule is CC[C@@H](C)NC(=O)[C@H]1CO[C@]2(CCC[C@H](C)C2)N1C(=O)c1cccc(C(F)(F)F)c1. The second-order valence-corrected chi connectivity index (χ2v) is 8.55. The van der Waals surface area contributed by atoms with Crippen molar-refractivity contribution < 1.29 is 27.5 Å². The molecule has 1 heterocycles. The van der Waals surface area contributed by atoms with Crippen molar-refractivity contribution in [3.05, 3.63) is 35.4 Å². The molecule has 0 aromatic heterocycles. The van der Waals surface area contributed by atoms with Gasteiger partial charge in [0.05, 0.1) is 12.2 Å². The minimum Gasteiger partial charge on any atom is -0.353 e. The van der Waals surface area contributed by atoms with E-state index in [2.05, 4.69) is 12.2 Å². The van der Waals surface area contributed by atoms with Gasteiger partial charge in [-0.05, 0) is 56.7 Å². The molecule has 166 valence electrons. The van der Waals surface area contributed by atoms with E-state index in [0.717, 1.165) is 31.4 Å². The molecule has 2 aliphatic rings. The highest BCUT2D eigenvalue weighted by molar-refractivity contribution is 5.98. The monoisotopic (exact) mass is 426 g/mol. The Morgan fingerprint density at radius 3 is 2.73 bits per heavy atom. The van der Waals surface area contributed by atoms with E-state index in [4.69, 9.17) is 4.74 Å². The van der Waals surface area contributed by atoms with Gasteiger partial charge in [0.15, 0.2) is 0 Å². The minimum absolute atomic E-state index is 0.0414. The van der Waals surface area contributed by atoms with Crippen LogP contribution in [-0.4, -0.2) is 41.1 Å². The second-order valence-electron chi connectivity index (χ2n) is 8.55. The first-order valence-electron chi connectivity index (χ1n) is 10.5. The van der Waals surface area contributed by atoms with Crippen molar-refractivity contribution in [2.24, 2.45) is 5.92 Å². The number of nitrogens with zero attached hydrogens (tertiary/aromatic N) is 1. The van der Waals surface area contributed by atoms with Gasteiger partial charge < -0.3 is 10.1 Å². The highest BCUT2D eigenvalue weighted by Gasteiger charge is 2.54. The summed E-state index contributed by atoms with van der Waals surface area (Å²) in [5, 5.41) is 2.88. The van der Waals surface area contributed by atoms with E-state index in [-0.39, 0.29) is 30.0 Å². The van der Waals surface area contributed by atoms with Crippen molar-refractivity contribution in [1.29, 1.82) is 0 Å². The number of hydrogen-bond acceptors (Lipinski definition) is 3. The summed E-state index contributed by atoms with van der Waals surface area (Å²) < 4.78 is 45.6. The van der Waals surface area contributed by atoms with Gasteiger partial charge in [-0.15, -0.1) is 0 Å². The van der Waals surface area contributed by atoms with E-state index in [0.29, 0.717) is 12.8 Å². The molecule has 0 radical (unpaired) electrons. The van der Waals surface area contributed by atoms with Gasteiger partial charge >= 0.3 is 6.18 Å². The van der Waals surface area contributed by atoms with E-state index >= 15 is 0 Å². The summed E-state index contributed by atoms with van der Waals surface area (Å²) in [4.78, 5) is 27.8. The van der Waals surface area contributed by atoms with Crippen molar-refractivity contribution in [3.63, 3.8) is 0 Å². The first kappa shape index (κ1) is 22.6. The zero-order valence-corrected chi connectivity index (χ0v) is 17.6. The predicted molar refractivity (Wildman–Crippen MR) is 106 cm³/mol. The number of rotatable bonds is 4. The van der Waals surface area contributed by atoms with Crippen molar-refractivity contribution in [3.8, 4) is 0 Å². The molecule has 30 heavy (non-hydrogen) atoms. The van der Waals surface area contributed by atoms with Gasteiger partial charge in [0.25, 0.3) is 5.91 Å². The Kier molecular flexibility index (Phi) is 6.45. The number of alkyl halides is 3. The maximum Gasteiger partial charge on any atom is 0.416 e. The van der Waals surface area contributed by atoms with Gasteiger partial charge in [-0.25, -0.2) is 0 Å². The second kappa shape index (κ2) is 8.57. The number of carbonyl (C=O) groups excluding carboxylic acids is 2. The Morgan fingerprint density at radius 1 is 1.37 bits per heavy atom. The van der Waals surface area contributed by atoms with E-state index in [1.807, 2.05) is 13.8 Å². The largest absolute Gasteiger partial charge is 0.416 e. The van der Waals surface area contributed by atoms with E-state index in [9.17, 15) is 22.8 Å². The molecule has 1 aliphatic carbocycles. The molecule has 1 saturated heterocycles. The number of benzene rings is 1. The zero-order chi connectivity index (χ0) is 22.1. The summed E-state index contributed by atoms with van der Waals surface area (Å²) in [6.07, 6.45) is -0.890. The van der Waals surface area contributed by atoms with Gasteiger partial charge in [-0.2, -0.15) is 13.2 Å². The van der Waals surface area contributed by atoms with E-state index in [1.54, 1.807) is 0 Å². The van der Waals surface area contributed by atoms with E-state index in [1.165, 1.54) is 17.0 Å². The molecule has 2 fully saturated rings. The molecule has 1 aromatic rings. The van der Waals surface area contributed by atoms with Crippen LogP contribution in [0.25, 0.3) is 0 Å². The van der Waals surface area contributed by atoms with Crippen LogP contribution in [0.2, 0.25) is 0 Å². The highest BCUT2D eigenvalue weighted by atomic mass is 19.4. The van der Waals surface area contributed by atoms with Gasteiger partial charge in [-0.3, -0.25) is 14.5 Å². The average molecular weight is 426 g/mol. The number of halogens is 3. The normalized spacial score (nSPS) is 27.9. The fraction of sp³-hybridized carbons (Fsp3) is 0.636. The van der Waals surface area contributed by atoms with Crippen LogP contribution in [0.5, 0.6) is 0 Å². The third-order valence-corrected chi connectivity index (χ3v) is 6.15. The molecule has 8 heteroatoms. The molecule has 1 aliphatic heterocycles. The van der Waals surface area contributed by atoms with Gasteiger partial charge in [0.2, 0.25) is 5.91 Å². The third-order valence-electron chi connectivity index (χ3n) is 6.15. The molecule has 1 spiro atoms. The molecule has 3 rings (SSSR count). The van der Waals surface area contributed by atoms with E-state index < -0.39 is 29.4 Å². The summed E-state index contributed by atoms with van der Waals surface area (Å²) >= 11 is 0.